The number of nitrogens with zero attached hydrogens (tertiary/aromatic N) is 3. The van der Waals surface area contributed by atoms with Crippen LogP contribution in [0.5, 0.6) is 5.75 Å². The topological polar surface area (TPSA) is 66.0 Å². The molecule has 0 fully saturated rings. The summed E-state index contributed by atoms with van der Waals surface area (Å²) in [6.07, 6.45) is 1.55. The van der Waals surface area contributed by atoms with E-state index in [4.69, 9.17) is 22.7 Å². The highest BCUT2D eigenvalue weighted by Crippen LogP contribution is 2.25. The number of aromatic nitrogens is 3. The van der Waals surface area contributed by atoms with Crippen molar-refractivity contribution in [3.8, 4) is 5.75 Å². The second-order valence-electron chi connectivity index (χ2n) is 5.31. The fraction of sp³-hybridized carbons (Fsp3) is 0.400. The second kappa shape index (κ2) is 6.22. The zero-order chi connectivity index (χ0) is 15.6. The van der Waals surface area contributed by atoms with Crippen LogP contribution in [0.4, 0.5) is 0 Å². The van der Waals surface area contributed by atoms with Crippen molar-refractivity contribution in [1.82, 2.24) is 14.8 Å². The standard InChI is InChI=1S/C15H20N4OS/c1-9(2)19-13(17-8-18-19)7-20-14-10(3)5-12(15(16)21)6-11(14)4/h5-6,8-9H,7H2,1-4H3,(H2,16,21). The molecule has 0 aliphatic rings. The van der Waals surface area contributed by atoms with Gasteiger partial charge in [-0.1, -0.05) is 12.2 Å². The van der Waals surface area contributed by atoms with Gasteiger partial charge in [0.2, 0.25) is 0 Å². The Morgan fingerprint density at radius 1 is 1.33 bits per heavy atom. The summed E-state index contributed by atoms with van der Waals surface area (Å²) < 4.78 is 7.79. The molecule has 112 valence electrons. The first-order chi connectivity index (χ1) is 9.90. The molecule has 1 heterocycles. The fourth-order valence-electron chi connectivity index (χ4n) is 2.27. The summed E-state index contributed by atoms with van der Waals surface area (Å²) in [5.74, 6) is 1.65. The van der Waals surface area contributed by atoms with E-state index in [1.54, 1.807) is 6.33 Å². The third-order valence-electron chi connectivity index (χ3n) is 3.23. The maximum atomic E-state index is 5.93. The van der Waals surface area contributed by atoms with Gasteiger partial charge < -0.3 is 10.5 Å². The van der Waals surface area contributed by atoms with Gasteiger partial charge in [-0.3, -0.25) is 0 Å². The average Bonchev–Trinajstić information content (AvgIpc) is 2.86. The van der Waals surface area contributed by atoms with Crippen LogP contribution in [0.25, 0.3) is 0 Å². The Morgan fingerprint density at radius 2 is 1.95 bits per heavy atom. The van der Waals surface area contributed by atoms with E-state index in [0.29, 0.717) is 11.6 Å². The molecule has 21 heavy (non-hydrogen) atoms. The van der Waals surface area contributed by atoms with Gasteiger partial charge in [0.25, 0.3) is 0 Å². The van der Waals surface area contributed by atoms with Gasteiger partial charge in [0, 0.05) is 11.6 Å². The predicted octanol–water partition coefficient (Wildman–Crippen LogP) is 2.69. The first kappa shape index (κ1) is 15.4. The summed E-state index contributed by atoms with van der Waals surface area (Å²) in [6.45, 7) is 8.47. The molecule has 1 aromatic heterocycles. The minimum atomic E-state index is 0.255. The van der Waals surface area contributed by atoms with Crippen LogP contribution in [0.15, 0.2) is 18.5 Å². The van der Waals surface area contributed by atoms with Crippen LogP contribution in [0.2, 0.25) is 0 Å². The van der Waals surface area contributed by atoms with Crippen molar-refractivity contribution in [3.63, 3.8) is 0 Å². The third-order valence-corrected chi connectivity index (χ3v) is 3.46. The van der Waals surface area contributed by atoms with Gasteiger partial charge >= 0.3 is 0 Å². The summed E-state index contributed by atoms with van der Waals surface area (Å²) >= 11 is 5.02. The van der Waals surface area contributed by atoms with Gasteiger partial charge in [0.05, 0.1) is 0 Å². The van der Waals surface area contributed by atoms with Crippen molar-refractivity contribution in [3.05, 3.63) is 41.0 Å². The molecule has 2 rings (SSSR count). The van der Waals surface area contributed by atoms with Crippen LogP contribution in [0.3, 0.4) is 0 Å². The Hall–Kier alpha value is -1.95. The third kappa shape index (κ3) is 3.39. The van der Waals surface area contributed by atoms with Crippen molar-refractivity contribution >= 4 is 17.2 Å². The SMILES string of the molecule is Cc1cc(C(N)=S)cc(C)c1OCc1ncnn1C(C)C. The zero-order valence-electron chi connectivity index (χ0n) is 12.8. The van der Waals surface area contributed by atoms with Gasteiger partial charge in [-0.2, -0.15) is 5.10 Å². The van der Waals surface area contributed by atoms with Crippen molar-refractivity contribution in [2.75, 3.05) is 0 Å². The molecule has 2 N–H and O–H groups in total. The van der Waals surface area contributed by atoms with Crippen LogP contribution in [-0.4, -0.2) is 19.8 Å². The molecule has 0 amide bonds. The molecule has 0 saturated carbocycles. The zero-order valence-corrected chi connectivity index (χ0v) is 13.6. The number of rotatable bonds is 5. The normalized spacial score (nSPS) is 10.9. The average molecular weight is 304 g/mol. The summed E-state index contributed by atoms with van der Waals surface area (Å²) in [4.78, 5) is 4.64. The van der Waals surface area contributed by atoms with E-state index in [-0.39, 0.29) is 6.04 Å². The van der Waals surface area contributed by atoms with E-state index in [1.165, 1.54) is 0 Å². The molecule has 1 aromatic carbocycles. The van der Waals surface area contributed by atoms with E-state index in [9.17, 15) is 0 Å². The second-order valence-corrected chi connectivity index (χ2v) is 5.75. The highest BCUT2D eigenvalue weighted by Gasteiger charge is 2.12. The Bertz CT molecular complexity index is 640. The first-order valence-electron chi connectivity index (χ1n) is 6.82. The van der Waals surface area contributed by atoms with Crippen molar-refractivity contribution in [2.24, 2.45) is 5.73 Å². The number of hydrogen-bond acceptors (Lipinski definition) is 4. The molecule has 5 nitrogen and oxygen atoms in total. The lowest BCUT2D eigenvalue weighted by Gasteiger charge is -2.15. The molecular formula is C15H20N4OS. The summed E-state index contributed by atoms with van der Waals surface area (Å²) in [7, 11) is 0. The minimum Gasteiger partial charge on any atom is -0.485 e. The molecule has 0 atom stereocenters. The Balaban J connectivity index is 2.20. The van der Waals surface area contributed by atoms with Crippen LogP contribution < -0.4 is 10.5 Å². The first-order valence-corrected chi connectivity index (χ1v) is 7.23. The van der Waals surface area contributed by atoms with Crippen molar-refractivity contribution < 1.29 is 4.74 Å². The van der Waals surface area contributed by atoms with Gasteiger partial charge in [0.1, 0.15) is 23.7 Å². The smallest absolute Gasteiger partial charge is 0.165 e. The number of thiocarbonyl (C=S) groups is 1. The monoisotopic (exact) mass is 304 g/mol. The summed E-state index contributed by atoms with van der Waals surface area (Å²) in [5.41, 5.74) is 8.55. The number of benzene rings is 1. The van der Waals surface area contributed by atoms with Gasteiger partial charge in [-0.05, 0) is 51.0 Å². The number of aryl methyl sites for hydroxylation is 2. The number of hydrogen-bond donors (Lipinski definition) is 1. The summed E-state index contributed by atoms with van der Waals surface area (Å²) in [6, 6.07) is 4.14. The van der Waals surface area contributed by atoms with E-state index in [0.717, 1.165) is 28.3 Å². The van der Waals surface area contributed by atoms with Gasteiger partial charge in [-0.15, -0.1) is 0 Å². The molecule has 0 radical (unpaired) electrons. The van der Waals surface area contributed by atoms with Crippen LogP contribution in [0.1, 0.15) is 42.4 Å². The number of ether oxygens (including phenoxy) is 1. The molecule has 0 aliphatic heterocycles. The Labute approximate surface area is 130 Å². The molecule has 0 aliphatic carbocycles. The van der Waals surface area contributed by atoms with E-state index in [2.05, 4.69) is 23.9 Å². The van der Waals surface area contributed by atoms with Gasteiger partial charge in [0.15, 0.2) is 5.82 Å². The molecular weight excluding hydrogens is 284 g/mol. The lowest BCUT2D eigenvalue weighted by molar-refractivity contribution is 0.279. The Morgan fingerprint density at radius 3 is 2.48 bits per heavy atom. The molecule has 6 heteroatoms. The maximum Gasteiger partial charge on any atom is 0.165 e. The quantitative estimate of drug-likeness (QED) is 0.860. The molecule has 2 aromatic rings. The minimum absolute atomic E-state index is 0.255. The van der Waals surface area contributed by atoms with Crippen molar-refractivity contribution in [1.29, 1.82) is 0 Å². The Kier molecular flexibility index (Phi) is 4.57. The van der Waals surface area contributed by atoms with E-state index >= 15 is 0 Å². The highest BCUT2D eigenvalue weighted by molar-refractivity contribution is 7.80. The molecule has 0 bridgehead atoms. The fourth-order valence-corrected chi connectivity index (χ4v) is 2.38. The lowest BCUT2D eigenvalue weighted by Crippen LogP contribution is -2.12. The van der Waals surface area contributed by atoms with Crippen LogP contribution in [0, 0.1) is 13.8 Å². The van der Waals surface area contributed by atoms with E-state index < -0.39 is 0 Å². The maximum absolute atomic E-state index is 5.93. The van der Waals surface area contributed by atoms with Gasteiger partial charge in [-0.25, -0.2) is 9.67 Å². The highest BCUT2D eigenvalue weighted by atomic mass is 32.1. The van der Waals surface area contributed by atoms with Crippen LogP contribution in [-0.2, 0) is 6.61 Å². The molecule has 0 saturated heterocycles. The summed E-state index contributed by atoms with van der Waals surface area (Å²) in [5, 5.41) is 4.20. The molecule has 0 spiro atoms. The van der Waals surface area contributed by atoms with Crippen LogP contribution >= 0.6 is 12.2 Å². The lowest BCUT2D eigenvalue weighted by atomic mass is 10.1. The number of nitrogens with two attached hydrogens (primary N) is 1. The predicted molar refractivity (Wildman–Crippen MR) is 86.5 cm³/mol. The molecule has 0 unspecified atom stereocenters. The largest absolute Gasteiger partial charge is 0.485 e. The van der Waals surface area contributed by atoms with Crippen molar-refractivity contribution in [2.45, 2.75) is 40.3 Å². The van der Waals surface area contributed by atoms with E-state index in [1.807, 2.05) is 30.7 Å².